The van der Waals surface area contributed by atoms with Crippen molar-refractivity contribution in [2.24, 2.45) is 0 Å². The van der Waals surface area contributed by atoms with Crippen molar-refractivity contribution in [3.05, 3.63) is 65.9 Å². The van der Waals surface area contributed by atoms with Crippen molar-refractivity contribution in [2.75, 3.05) is 25.5 Å². The second-order valence-electron chi connectivity index (χ2n) is 8.78. The molecule has 1 unspecified atom stereocenters. The number of benzene rings is 1. The van der Waals surface area contributed by atoms with Gasteiger partial charge in [-0.2, -0.15) is 0 Å². The average molecular weight is 432 g/mol. The standard InChI is InChI=1S/C26H33N5O/c1-18(2)31-12-6-8-22(17-31)26-24(16-28-19(3)30-26)21-10-11-27-25(14-21)29-15-20-7-5-9-23(13-20)32-4/h5,7,9-11,13-14,16,18,22H,6,8,12,15,17H2,1-4H3,(H,27,29). The fraction of sp³-hybridized carbons (Fsp3) is 0.423. The molecule has 6 nitrogen and oxygen atoms in total. The van der Waals surface area contributed by atoms with Crippen LogP contribution in [0.25, 0.3) is 11.1 Å². The van der Waals surface area contributed by atoms with Gasteiger partial charge in [-0.15, -0.1) is 0 Å². The third-order valence-electron chi connectivity index (χ3n) is 6.19. The lowest BCUT2D eigenvalue weighted by Crippen LogP contribution is -2.39. The predicted molar refractivity (Wildman–Crippen MR) is 129 cm³/mol. The third kappa shape index (κ3) is 5.25. The summed E-state index contributed by atoms with van der Waals surface area (Å²) in [7, 11) is 1.69. The maximum absolute atomic E-state index is 5.33. The van der Waals surface area contributed by atoms with Crippen LogP contribution in [0.1, 0.15) is 49.7 Å². The molecule has 1 aromatic carbocycles. The monoisotopic (exact) mass is 431 g/mol. The van der Waals surface area contributed by atoms with Crippen LogP contribution in [0.3, 0.4) is 0 Å². The summed E-state index contributed by atoms with van der Waals surface area (Å²) in [5.74, 6) is 2.94. The van der Waals surface area contributed by atoms with Gasteiger partial charge in [0.05, 0.1) is 12.8 Å². The van der Waals surface area contributed by atoms with Gasteiger partial charge in [0.25, 0.3) is 0 Å². The fourth-order valence-electron chi connectivity index (χ4n) is 4.39. The highest BCUT2D eigenvalue weighted by molar-refractivity contribution is 5.68. The zero-order chi connectivity index (χ0) is 22.5. The third-order valence-corrected chi connectivity index (χ3v) is 6.19. The highest BCUT2D eigenvalue weighted by Gasteiger charge is 2.26. The average Bonchev–Trinajstić information content (AvgIpc) is 2.83. The molecule has 3 aromatic rings. The summed E-state index contributed by atoms with van der Waals surface area (Å²) in [4.78, 5) is 16.5. The number of pyridine rings is 1. The maximum Gasteiger partial charge on any atom is 0.126 e. The van der Waals surface area contributed by atoms with E-state index in [1.54, 1.807) is 7.11 Å². The van der Waals surface area contributed by atoms with Crippen LogP contribution in [-0.4, -0.2) is 46.1 Å². The first kappa shape index (κ1) is 22.2. The highest BCUT2D eigenvalue weighted by Crippen LogP contribution is 2.34. The first-order chi connectivity index (χ1) is 15.5. The number of piperidine rings is 1. The largest absolute Gasteiger partial charge is 0.497 e. The number of rotatable bonds is 7. The predicted octanol–water partition coefficient (Wildman–Crippen LogP) is 5.06. The first-order valence-electron chi connectivity index (χ1n) is 11.4. The van der Waals surface area contributed by atoms with Gasteiger partial charge in [-0.05, 0) is 75.5 Å². The molecule has 32 heavy (non-hydrogen) atoms. The summed E-state index contributed by atoms with van der Waals surface area (Å²) in [6.07, 6.45) is 6.20. The second-order valence-corrected chi connectivity index (χ2v) is 8.78. The molecule has 0 aliphatic carbocycles. The molecule has 0 saturated carbocycles. The van der Waals surface area contributed by atoms with Crippen LogP contribution in [0.15, 0.2) is 48.8 Å². The Labute approximate surface area is 191 Å². The molecular weight excluding hydrogens is 398 g/mol. The number of hydrogen-bond acceptors (Lipinski definition) is 6. The van der Waals surface area contributed by atoms with Gasteiger partial charge in [-0.25, -0.2) is 15.0 Å². The van der Waals surface area contributed by atoms with Crippen LogP contribution >= 0.6 is 0 Å². The number of hydrogen-bond donors (Lipinski definition) is 1. The molecule has 0 spiro atoms. The number of aromatic nitrogens is 3. The Morgan fingerprint density at radius 3 is 2.88 bits per heavy atom. The Balaban J connectivity index is 1.57. The van der Waals surface area contributed by atoms with Crippen molar-refractivity contribution in [2.45, 2.75) is 52.1 Å². The molecule has 1 atom stereocenters. The van der Waals surface area contributed by atoms with Crippen molar-refractivity contribution in [3.63, 3.8) is 0 Å². The van der Waals surface area contributed by atoms with Crippen LogP contribution in [0.5, 0.6) is 5.75 Å². The number of ether oxygens (including phenoxy) is 1. The van der Waals surface area contributed by atoms with E-state index in [1.807, 2.05) is 37.5 Å². The minimum absolute atomic E-state index is 0.421. The van der Waals surface area contributed by atoms with E-state index in [1.165, 1.54) is 19.4 Å². The number of nitrogens with one attached hydrogen (secondary N) is 1. The van der Waals surface area contributed by atoms with Crippen LogP contribution in [0.4, 0.5) is 5.82 Å². The van der Waals surface area contributed by atoms with Crippen LogP contribution < -0.4 is 10.1 Å². The number of anilines is 1. The maximum atomic E-state index is 5.33. The van der Waals surface area contributed by atoms with Crippen molar-refractivity contribution >= 4 is 5.82 Å². The van der Waals surface area contributed by atoms with Gasteiger partial charge in [0.1, 0.15) is 17.4 Å². The van der Waals surface area contributed by atoms with E-state index in [4.69, 9.17) is 9.72 Å². The highest BCUT2D eigenvalue weighted by atomic mass is 16.5. The Morgan fingerprint density at radius 1 is 1.19 bits per heavy atom. The number of likely N-dealkylation sites (tertiary alicyclic amines) is 1. The van der Waals surface area contributed by atoms with Gasteiger partial charge in [-0.3, -0.25) is 0 Å². The summed E-state index contributed by atoms with van der Waals surface area (Å²) in [6, 6.07) is 12.8. The molecule has 1 saturated heterocycles. The summed E-state index contributed by atoms with van der Waals surface area (Å²) >= 11 is 0. The van der Waals surface area contributed by atoms with Crippen molar-refractivity contribution < 1.29 is 4.74 Å². The molecule has 3 heterocycles. The van der Waals surface area contributed by atoms with E-state index in [-0.39, 0.29) is 0 Å². The number of methoxy groups -OCH3 is 1. The van der Waals surface area contributed by atoms with Gasteiger partial charge < -0.3 is 15.0 Å². The van der Waals surface area contributed by atoms with Crippen LogP contribution in [-0.2, 0) is 6.54 Å². The molecule has 1 fully saturated rings. The van der Waals surface area contributed by atoms with Crippen molar-refractivity contribution in [1.29, 1.82) is 0 Å². The van der Waals surface area contributed by atoms with E-state index in [9.17, 15) is 0 Å². The second kappa shape index (κ2) is 10.1. The Kier molecular flexibility index (Phi) is 7.00. The summed E-state index contributed by atoms with van der Waals surface area (Å²) in [6.45, 7) is 9.42. The smallest absolute Gasteiger partial charge is 0.126 e. The lowest BCUT2D eigenvalue weighted by atomic mass is 9.89. The molecule has 4 rings (SSSR count). The van der Waals surface area contributed by atoms with E-state index in [0.29, 0.717) is 18.5 Å². The minimum atomic E-state index is 0.421. The summed E-state index contributed by atoms with van der Waals surface area (Å²) in [5.41, 5.74) is 4.52. The van der Waals surface area contributed by atoms with Crippen LogP contribution in [0.2, 0.25) is 0 Å². The van der Waals surface area contributed by atoms with Gasteiger partial charge >= 0.3 is 0 Å². The lowest BCUT2D eigenvalue weighted by Gasteiger charge is -2.35. The molecule has 0 amide bonds. The van der Waals surface area contributed by atoms with Crippen molar-refractivity contribution in [1.82, 2.24) is 19.9 Å². The summed E-state index contributed by atoms with van der Waals surface area (Å²) < 4.78 is 5.33. The molecule has 6 heteroatoms. The Bertz CT molecular complexity index is 1050. The zero-order valence-electron chi connectivity index (χ0n) is 19.5. The van der Waals surface area contributed by atoms with E-state index in [0.717, 1.165) is 46.3 Å². The fourth-order valence-corrected chi connectivity index (χ4v) is 4.39. The van der Waals surface area contributed by atoms with Gasteiger partial charge in [0.15, 0.2) is 0 Å². The van der Waals surface area contributed by atoms with Crippen LogP contribution in [0, 0.1) is 6.92 Å². The molecule has 0 radical (unpaired) electrons. The lowest BCUT2D eigenvalue weighted by molar-refractivity contribution is 0.166. The van der Waals surface area contributed by atoms with Crippen molar-refractivity contribution in [3.8, 4) is 16.9 Å². The first-order valence-corrected chi connectivity index (χ1v) is 11.4. The molecule has 1 aliphatic rings. The molecule has 1 N–H and O–H groups in total. The normalized spacial score (nSPS) is 16.8. The molecule has 168 valence electrons. The van der Waals surface area contributed by atoms with E-state index in [2.05, 4.69) is 52.2 Å². The van der Waals surface area contributed by atoms with E-state index < -0.39 is 0 Å². The molecule has 2 aromatic heterocycles. The van der Waals surface area contributed by atoms with Gasteiger partial charge in [0.2, 0.25) is 0 Å². The number of nitrogens with zero attached hydrogens (tertiary/aromatic N) is 4. The topological polar surface area (TPSA) is 63.2 Å². The zero-order valence-corrected chi connectivity index (χ0v) is 19.5. The molecule has 1 aliphatic heterocycles. The Hall–Kier alpha value is -2.99. The van der Waals surface area contributed by atoms with Gasteiger partial charge in [0, 0.05) is 43.0 Å². The Morgan fingerprint density at radius 2 is 2.06 bits per heavy atom. The minimum Gasteiger partial charge on any atom is -0.497 e. The quantitative estimate of drug-likeness (QED) is 0.564. The SMILES string of the molecule is COc1cccc(CNc2cc(-c3cnc(C)nc3C3CCCN(C(C)C)C3)ccn2)c1. The van der Waals surface area contributed by atoms with Gasteiger partial charge in [-0.1, -0.05) is 12.1 Å². The number of aryl methyl sites for hydroxylation is 1. The van der Waals surface area contributed by atoms with E-state index >= 15 is 0 Å². The molecular formula is C26H33N5O. The molecule has 0 bridgehead atoms. The summed E-state index contributed by atoms with van der Waals surface area (Å²) in [5, 5.41) is 3.44.